The van der Waals surface area contributed by atoms with E-state index in [1.807, 2.05) is 30.3 Å². The second-order valence-corrected chi connectivity index (χ2v) is 7.17. The lowest BCUT2D eigenvalue weighted by Crippen LogP contribution is -2.53. The molecule has 0 radical (unpaired) electrons. The van der Waals surface area contributed by atoms with Crippen molar-refractivity contribution >= 4 is 17.7 Å². The van der Waals surface area contributed by atoms with E-state index < -0.39 is 0 Å². The highest BCUT2D eigenvalue weighted by Crippen LogP contribution is 2.16. The second-order valence-electron chi connectivity index (χ2n) is 7.17. The first-order chi connectivity index (χ1) is 13.0. The summed E-state index contributed by atoms with van der Waals surface area (Å²) < 4.78 is 5.51. The summed E-state index contributed by atoms with van der Waals surface area (Å²) in [5.74, 6) is -0.0895. The largest absolute Gasteiger partial charge is 0.377 e. The molecule has 0 bridgehead atoms. The molecule has 2 aliphatic heterocycles. The van der Waals surface area contributed by atoms with Crippen LogP contribution in [-0.2, 0) is 25.7 Å². The predicted octanol–water partition coefficient (Wildman–Crippen LogP) is 0.885. The number of morpholine rings is 1. The minimum atomic E-state index is -0.283. The van der Waals surface area contributed by atoms with E-state index >= 15 is 0 Å². The van der Waals surface area contributed by atoms with Crippen molar-refractivity contribution in [3.63, 3.8) is 0 Å². The lowest BCUT2D eigenvalue weighted by molar-refractivity contribution is -0.147. The maximum absolute atomic E-state index is 12.7. The molecule has 1 aromatic carbocycles. The summed E-state index contributed by atoms with van der Waals surface area (Å²) in [7, 11) is 1.77. The van der Waals surface area contributed by atoms with Gasteiger partial charge in [0.05, 0.1) is 25.8 Å². The summed E-state index contributed by atoms with van der Waals surface area (Å²) in [6.45, 7) is 2.54. The third-order valence-corrected chi connectivity index (χ3v) is 5.14. The number of hydrogen-bond donors (Lipinski definition) is 0. The molecule has 1 atom stereocenters. The Hall–Kier alpha value is -2.41. The SMILES string of the molecule is CN(Cc1ccccc1)C(=O)C[C@@H]1COCCN1C(=O)CN1CCCC1=O. The number of carbonyl (C=O) groups is 3. The molecule has 2 heterocycles. The molecule has 0 aliphatic carbocycles. The minimum absolute atomic E-state index is 0.0237. The highest BCUT2D eigenvalue weighted by molar-refractivity contribution is 5.86. The van der Waals surface area contributed by atoms with E-state index in [1.165, 1.54) is 0 Å². The van der Waals surface area contributed by atoms with Crippen molar-refractivity contribution < 1.29 is 19.1 Å². The van der Waals surface area contributed by atoms with Gasteiger partial charge in [-0.05, 0) is 12.0 Å². The van der Waals surface area contributed by atoms with Gasteiger partial charge in [0.15, 0.2) is 0 Å². The summed E-state index contributed by atoms with van der Waals surface area (Å²) in [5.41, 5.74) is 1.06. The first-order valence-electron chi connectivity index (χ1n) is 9.47. The highest BCUT2D eigenvalue weighted by Gasteiger charge is 2.32. The van der Waals surface area contributed by atoms with Crippen LogP contribution in [0.15, 0.2) is 30.3 Å². The van der Waals surface area contributed by atoms with Crippen LogP contribution in [-0.4, -0.2) is 78.4 Å². The predicted molar refractivity (Wildman–Crippen MR) is 99.7 cm³/mol. The van der Waals surface area contributed by atoms with Crippen molar-refractivity contribution in [3.8, 4) is 0 Å². The van der Waals surface area contributed by atoms with E-state index in [0.717, 1.165) is 12.0 Å². The van der Waals surface area contributed by atoms with Gasteiger partial charge in [0.1, 0.15) is 0 Å². The van der Waals surface area contributed by atoms with Gasteiger partial charge in [-0.25, -0.2) is 0 Å². The molecule has 146 valence electrons. The van der Waals surface area contributed by atoms with Crippen LogP contribution < -0.4 is 0 Å². The number of benzene rings is 1. The van der Waals surface area contributed by atoms with E-state index in [4.69, 9.17) is 4.74 Å². The zero-order valence-corrected chi connectivity index (χ0v) is 15.8. The third kappa shape index (κ3) is 5.07. The molecular formula is C20H27N3O4. The number of ether oxygens (including phenoxy) is 1. The van der Waals surface area contributed by atoms with Gasteiger partial charge in [0.25, 0.3) is 0 Å². The number of amides is 3. The minimum Gasteiger partial charge on any atom is -0.377 e. The second kappa shape index (κ2) is 8.99. The molecule has 2 fully saturated rings. The maximum atomic E-state index is 12.7. The Balaban J connectivity index is 1.56. The summed E-state index contributed by atoms with van der Waals surface area (Å²) >= 11 is 0. The fourth-order valence-electron chi connectivity index (χ4n) is 3.58. The van der Waals surface area contributed by atoms with E-state index in [1.54, 1.807) is 21.7 Å². The summed E-state index contributed by atoms with van der Waals surface area (Å²) in [6, 6.07) is 9.52. The molecule has 3 rings (SSSR count). The molecule has 0 spiro atoms. The Morgan fingerprint density at radius 2 is 2.00 bits per heavy atom. The van der Waals surface area contributed by atoms with Crippen LogP contribution in [0.2, 0.25) is 0 Å². The topological polar surface area (TPSA) is 70.2 Å². The third-order valence-electron chi connectivity index (χ3n) is 5.14. The monoisotopic (exact) mass is 373 g/mol. The standard InChI is InChI=1S/C20H27N3O4/c1-21(13-16-6-3-2-4-7-16)19(25)12-17-15-27-11-10-23(17)20(26)14-22-9-5-8-18(22)24/h2-4,6-7,17H,5,8-15H2,1H3/t17-/m1/s1. The zero-order chi connectivity index (χ0) is 19.2. The van der Waals surface area contributed by atoms with Crippen LogP contribution in [0, 0.1) is 0 Å². The van der Waals surface area contributed by atoms with Crippen LogP contribution in [0.25, 0.3) is 0 Å². The van der Waals surface area contributed by atoms with Gasteiger partial charge in [0, 0.05) is 39.5 Å². The molecule has 3 amide bonds. The van der Waals surface area contributed by atoms with Crippen molar-refractivity contribution in [3.05, 3.63) is 35.9 Å². The average Bonchev–Trinajstić information content (AvgIpc) is 3.07. The van der Waals surface area contributed by atoms with Gasteiger partial charge < -0.3 is 19.4 Å². The fraction of sp³-hybridized carbons (Fsp3) is 0.550. The smallest absolute Gasteiger partial charge is 0.242 e. The van der Waals surface area contributed by atoms with E-state index in [2.05, 4.69) is 0 Å². The van der Waals surface area contributed by atoms with Crippen LogP contribution >= 0.6 is 0 Å². The Bertz CT molecular complexity index is 679. The maximum Gasteiger partial charge on any atom is 0.242 e. The van der Waals surface area contributed by atoms with Crippen molar-refractivity contribution in [1.29, 1.82) is 0 Å². The van der Waals surface area contributed by atoms with Crippen molar-refractivity contribution in [2.45, 2.75) is 31.8 Å². The molecule has 1 aromatic rings. The quantitative estimate of drug-likeness (QED) is 0.742. The van der Waals surface area contributed by atoms with Crippen molar-refractivity contribution in [1.82, 2.24) is 14.7 Å². The molecule has 2 saturated heterocycles. The number of carbonyl (C=O) groups excluding carboxylic acids is 3. The van der Waals surface area contributed by atoms with Gasteiger partial charge in [-0.3, -0.25) is 14.4 Å². The molecule has 7 heteroatoms. The van der Waals surface area contributed by atoms with Gasteiger partial charge in [-0.2, -0.15) is 0 Å². The Morgan fingerprint density at radius 3 is 2.70 bits per heavy atom. The van der Waals surface area contributed by atoms with Gasteiger partial charge >= 0.3 is 0 Å². The lowest BCUT2D eigenvalue weighted by Gasteiger charge is -2.37. The highest BCUT2D eigenvalue weighted by atomic mass is 16.5. The summed E-state index contributed by atoms with van der Waals surface area (Å²) in [6.07, 6.45) is 1.55. The normalized spacial score (nSPS) is 20.0. The van der Waals surface area contributed by atoms with Gasteiger partial charge in [-0.1, -0.05) is 30.3 Å². The van der Waals surface area contributed by atoms with E-state index in [0.29, 0.717) is 39.3 Å². The van der Waals surface area contributed by atoms with Crippen molar-refractivity contribution in [2.75, 3.05) is 39.9 Å². The molecule has 0 unspecified atom stereocenters. The molecule has 0 saturated carbocycles. The Morgan fingerprint density at radius 1 is 1.22 bits per heavy atom. The number of likely N-dealkylation sites (tertiary alicyclic amines) is 1. The molecule has 27 heavy (non-hydrogen) atoms. The number of rotatable bonds is 6. The summed E-state index contributed by atoms with van der Waals surface area (Å²) in [4.78, 5) is 42.1. The van der Waals surface area contributed by atoms with Crippen LogP contribution in [0.4, 0.5) is 0 Å². The summed E-state index contributed by atoms with van der Waals surface area (Å²) in [5, 5.41) is 0. The first-order valence-corrected chi connectivity index (χ1v) is 9.47. The number of hydrogen-bond acceptors (Lipinski definition) is 4. The van der Waals surface area contributed by atoms with Gasteiger partial charge in [-0.15, -0.1) is 0 Å². The molecule has 0 N–H and O–H groups in total. The van der Waals surface area contributed by atoms with Crippen LogP contribution in [0.3, 0.4) is 0 Å². The number of nitrogens with zero attached hydrogens (tertiary/aromatic N) is 3. The van der Waals surface area contributed by atoms with Gasteiger partial charge in [0.2, 0.25) is 17.7 Å². The van der Waals surface area contributed by atoms with Crippen molar-refractivity contribution in [2.24, 2.45) is 0 Å². The van der Waals surface area contributed by atoms with E-state index in [-0.39, 0.29) is 36.7 Å². The first kappa shape index (κ1) is 19.4. The zero-order valence-electron chi connectivity index (χ0n) is 15.8. The average molecular weight is 373 g/mol. The molecule has 0 aromatic heterocycles. The molecular weight excluding hydrogens is 346 g/mol. The molecule has 7 nitrogen and oxygen atoms in total. The Kier molecular flexibility index (Phi) is 6.45. The Labute approximate surface area is 159 Å². The van der Waals surface area contributed by atoms with Crippen LogP contribution in [0.1, 0.15) is 24.8 Å². The molecule has 2 aliphatic rings. The lowest BCUT2D eigenvalue weighted by atomic mass is 10.1. The fourth-order valence-corrected chi connectivity index (χ4v) is 3.58. The van der Waals surface area contributed by atoms with E-state index in [9.17, 15) is 14.4 Å². The van der Waals surface area contributed by atoms with Crippen LogP contribution in [0.5, 0.6) is 0 Å².